The lowest BCUT2D eigenvalue weighted by Crippen LogP contribution is -2.11. The molecule has 0 spiro atoms. The van der Waals surface area contributed by atoms with E-state index in [1.807, 2.05) is 48.5 Å². The van der Waals surface area contributed by atoms with Crippen LogP contribution in [0, 0.1) is 22.7 Å². The van der Waals surface area contributed by atoms with E-state index in [0.29, 0.717) is 5.76 Å². The molecule has 2 aliphatic rings. The maximum atomic E-state index is 9.20. The van der Waals surface area contributed by atoms with Gasteiger partial charge in [-0.05, 0) is 30.9 Å². The Morgan fingerprint density at radius 1 is 1.00 bits per heavy atom. The Bertz CT molecular complexity index is 724. The third-order valence-electron chi connectivity index (χ3n) is 3.80. The number of ether oxygens (including phenoxy) is 1. The molecule has 3 nitrogen and oxygen atoms in total. The molecular formula is C18H14N2O. The summed E-state index contributed by atoms with van der Waals surface area (Å²) in [6, 6.07) is 13.8. The average Bonchev–Trinajstić information content (AvgIpc) is 2.56. The van der Waals surface area contributed by atoms with E-state index in [9.17, 15) is 10.5 Å². The van der Waals surface area contributed by atoms with Gasteiger partial charge in [0, 0.05) is 17.6 Å². The average molecular weight is 274 g/mol. The molecule has 1 aromatic carbocycles. The van der Waals surface area contributed by atoms with Crippen molar-refractivity contribution in [3.63, 3.8) is 0 Å². The van der Waals surface area contributed by atoms with Gasteiger partial charge in [0.1, 0.15) is 29.2 Å². The van der Waals surface area contributed by atoms with Crippen LogP contribution >= 0.6 is 0 Å². The smallest absolute Gasteiger partial charge is 0.137 e. The molecule has 21 heavy (non-hydrogen) atoms. The highest BCUT2D eigenvalue weighted by Gasteiger charge is 2.25. The molecule has 0 bridgehead atoms. The molecule has 1 aliphatic heterocycles. The van der Waals surface area contributed by atoms with Crippen LogP contribution in [-0.4, -0.2) is 0 Å². The molecule has 0 saturated carbocycles. The number of nitrogens with zero attached hydrogens (tertiary/aromatic N) is 2. The predicted octanol–water partition coefficient (Wildman–Crippen LogP) is 4.23. The fourth-order valence-electron chi connectivity index (χ4n) is 2.77. The molecule has 1 aliphatic carbocycles. The van der Waals surface area contributed by atoms with Gasteiger partial charge in [-0.15, -0.1) is 0 Å². The summed E-state index contributed by atoms with van der Waals surface area (Å²) >= 11 is 0. The molecule has 0 N–H and O–H groups in total. The normalized spacial score (nSPS) is 17.0. The number of benzene rings is 1. The van der Waals surface area contributed by atoms with Crippen molar-refractivity contribution in [3.05, 3.63) is 64.4 Å². The first-order valence-corrected chi connectivity index (χ1v) is 7.05. The highest BCUT2D eigenvalue weighted by molar-refractivity contribution is 5.71. The molecule has 0 radical (unpaired) electrons. The van der Waals surface area contributed by atoms with Crippen molar-refractivity contribution in [2.45, 2.75) is 25.7 Å². The van der Waals surface area contributed by atoms with E-state index in [1.165, 1.54) is 0 Å². The molecule has 0 saturated heterocycles. The molecule has 1 aromatic rings. The Morgan fingerprint density at radius 2 is 1.71 bits per heavy atom. The minimum atomic E-state index is 0.168. The number of nitriles is 2. The van der Waals surface area contributed by atoms with Crippen molar-refractivity contribution < 1.29 is 4.74 Å². The Kier molecular flexibility index (Phi) is 3.58. The van der Waals surface area contributed by atoms with Gasteiger partial charge < -0.3 is 4.74 Å². The van der Waals surface area contributed by atoms with Crippen LogP contribution in [0.2, 0.25) is 0 Å². The van der Waals surface area contributed by atoms with Crippen LogP contribution in [0.5, 0.6) is 0 Å². The van der Waals surface area contributed by atoms with Crippen molar-refractivity contribution >= 4 is 5.76 Å². The summed E-state index contributed by atoms with van der Waals surface area (Å²) in [4.78, 5) is 0. The third-order valence-corrected chi connectivity index (χ3v) is 3.80. The monoisotopic (exact) mass is 274 g/mol. The lowest BCUT2D eigenvalue weighted by Gasteiger charge is -2.27. The SMILES string of the molecule is N#CC(C#N)=C1C=C(c2ccccc2)OC2=C1CCCC2. The van der Waals surface area contributed by atoms with Gasteiger partial charge in [0.05, 0.1) is 0 Å². The van der Waals surface area contributed by atoms with Crippen LogP contribution in [0.4, 0.5) is 0 Å². The minimum absolute atomic E-state index is 0.168. The van der Waals surface area contributed by atoms with Crippen molar-refractivity contribution in [3.8, 4) is 12.1 Å². The van der Waals surface area contributed by atoms with Gasteiger partial charge in [-0.2, -0.15) is 10.5 Å². The second kappa shape index (κ2) is 5.69. The lowest BCUT2D eigenvalue weighted by atomic mass is 9.87. The first-order chi connectivity index (χ1) is 10.3. The summed E-state index contributed by atoms with van der Waals surface area (Å²) in [5.74, 6) is 1.63. The van der Waals surface area contributed by atoms with Gasteiger partial charge in [0.15, 0.2) is 0 Å². The maximum Gasteiger partial charge on any atom is 0.137 e. The molecule has 3 heteroatoms. The number of rotatable bonds is 1. The fourth-order valence-corrected chi connectivity index (χ4v) is 2.77. The van der Waals surface area contributed by atoms with Crippen LogP contribution < -0.4 is 0 Å². The summed E-state index contributed by atoms with van der Waals surface area (Å²) in [6.07, 6.45) is 5.73. The van der Waals surface area contributed by atoms with E-state index in [2.05, 4.69) is 0 Å². The summed E-state index contributed by atoms with van der Waals surface area (Å²) in [5.41, 5.74) is 2.89. The summed E-state index contributed by atoms with van der Waals surface area (Å²) in [5, 5.41) is 18.4. The van der Waals surface area contributed by atoms with Crippen LogP contribution in [0.25, 0.3) is 5.76 Å². The zero-order chi connectivity index (χ0) is 14.7. The topological polar surface area (TPSA) is 56.8 Å². The Morgan fingerprint density at radius 3 is 2.43 bits per heavy atom. The van der Waals surface area contributed by atoms with Gasteiger partial charge in [-0.3, -0.25) is 0 Å². The third kappa shape index (κ3) is 2.47. The number of allylic oxidation sites excluding steroid dienone is 5. The van der Waals surface area contributed by atoms with Crippen LogP contribution in [0.1, 0.15) is 31.2 Å². The predicted molar refractivity (Wildman–Crippen MR) is 79.3 cm³/mol. The van der Waals surface area contributed by atoms with Crippen molar-refractivity contribution in [2.75, 3.05) is 0 Å². The molecular weight excluding hydrogens is 260 g/mol. The first kappa shape index (κ1) is 13.2. The largest absolute Gasteiger partial charge is 0.461 e. The van der Waals surface area contributed by atoms with E-state index < -0.39 is 0 Å². The lowest BCUT2D eigenvalue weighted by molar-refractivity contribution is 0.334. The molecule has 1 heterocycles. The van der Waals surface area contributed by atoms with E-state index in [1.54, 1.807) is 0 Å². The molecule has 0 amide bonds. The number of hydrogen-bond donors (Lipinski definition) is 0. The van der Waals surface area contributed by atoms with Gasteiger partial charge in [0.2, 0.25) is 0 Å². The van der Waals surface area contributed by atoms with Gasteiger partial charge >= 0.3 is 0 Å². The second-order valence-corrected chi connectivity index (χ2v) is 5.10. The zero-order valence-corrected chi connectivity index (χ0v) is 11.6. The fraction of sp³-hybridized carbons (Fsp3) is 0.222. The highest BCUT2D eigenvalue weighted by atomic mass is 16.5. The quantitative estimate of drug-likeness (QED) is 0.720. The van der Waals surface area contributed by atoms with Crippen LogP contribution in [0.15, 0.2) is 58.9 Å². The second-order valence-electron chi connectivity index (χ2n) is 5.10. The molecule has 3 rings (SSSR count). The first-order valence-electron chi connectivity index (χ1n) is 7.05. The van der Waals surface area contributed by atoms with Crippen LogP contribution in [-0.2, 0) is 4.74 Å². The minimum Gasteiger partial charge on any atom is -0.461 e. The summed E-state index contributed by atoms with van der Waals surface area (Å²) in [7, 11) is 0. The van der Waals surface area contributed by atoms with Crippen molar-refractivity contribution in [1.29, 1.82) is 10.5 Å². The van der Waals surface area contributed by atoms with E-state index in [0.717, 1.165) is 48.2 Å². The van der Waals surface area contributed by atoms with Gasteiger partial charge in [-0.1, -0.05) is 30.3 Å². The molecule has 0 atom stereocenters. The van der Waals surface area contributed by atoms with E-state index >= 15 is 0 Å². The van der Waals surface area contributed by atoms with Gasteiger partial charge in [0.25, 0.3) is 0 Å². The summed E-state index contributed by atoms with van der Waals surface area (Å²) in [6.45, 7) is 0. The molecule has 0 aromatic heterocycles. The van der Waals surface area contributed by atoms with E-state index in [4.69, 9.17) is 4.74 Å². The van der Waals surface area contributed by atoms with Crippen molar-refractivity contribution in [2.24, 2.45) is 0 Å². The molecule has 0 fully saturated rings. The molecule has 102 valence electrons. The Hall–Kier alpha value is -2.78. The van der Waals surface area contributed by atoms with Crippen LogP contribution in [0.3, 0.4) is 0 Å². The number of hydrogen-bond acceptors (Lipinski definition) is 3. The Labute approximate surface area is 124 Å². The Balaban J connectivity index is 2.13. The van der Waals surface area contributed by atoms with Gasteiger partial charge in [-0.25, -0.2) is 0 Å². The summed E-state index contributed by atoms with van der Waals surface area (Å²) < 4.78 is 6.03. The standard InChI is InChI=1S/C18H14N2O/c19-11-14(12-20)16-10-18(13-6-2-1-3-7-13)21-17-9-5-4-8-15(16)17/h1-3,6-7,10H,4-5,8-9H2. The zero-order valence-electron chi connectivity index (χ0n) is 11.6. The molecule has 0 unspecified atom stereocenters. The maximum absolute atomic E-state index is 9.20. The van der Waals surface area contributed by atoms with E-state index in [-0.39, 0.29) is 5.57 Å². The highest BCUT2D eigenvalue weighted by Crippen LogP contribution is 2.40. The van der Waals surface area contributed by atoms with Crippen molar-refractivity contribution in [1.82, 2.24) is 0 Å².